The minimum Gasteiger partial charge on any atom is -0.352 e. The maximum absolute atomic E-state index is 13.0. The van der Waals surface area contributed by atoms with Crippen LogP contribution in [0.15, 0.2) is 53.9 Å². The van der Waals surface area contributed by atoms with Crippen LogP contribution in [0.5, 0.6) is 0 Å². The van der Waals surface area contributed by atoms with Crippen LogP contribution in [0.4, 0.5) is 9.52 Å². The molecule has 1 saturated carbocycles. The van der Waals surface area contributed by atoms with Gasteiger partial charge in [-0.2, -0.15) is 0 Å². The number of hydrogen-bond acceptors (Lipinski definition) is 5. The average molecular weight is 481 g/mol. The Kier molecular flexibility index (Phi) is 7.32. The van der Waals surface area contributed by atoms with Gasteiger partial charge in [0, 0.05) is 23.5 Å². The first-order chi connectivity index (χ1) is 16.4. The monoisotopic (exact) mass is 480 g/mol. The molecule has 34 heavy (non-hydrogen) atoms. The molecule has 0 radical (unpaired) electrons. The maximum Gasteiger partial charge on any atom is 0.254 e. The number of aromatic nitrogens is 1. The summed E-state index contributed by atoms with van der Waals surface area (Å²) in [5.41, 5.74) is 2.96. The molecular formula is C25H25FN4O3S. The summed E-state index contributed by atoms with van der Waals surface area (Å²) in [5.74, 6) is -1.03. The topological polar surface area (TPSA) is 91.4 Å². The average Bonchev–Trinajstić information content (AvgIpc) is 3.57. The van der Waals surface area contributed by atoms with Crippen LogP contribution in [0.25, 0.3) is 0 Å². The van der Waals surface area contributed by atoms with Gasteiger partial charge in [0.05, 0.1) is 12.1 Å². The summed E-state index contributed by atoms with van der Waals surface area (Å²) in [6.45, 7) is 2.20. The summed E-state index contributed by atoms with van der Waals surface area (Å²) >= 11 is 1.23. The van der Waals surface area contributed by atoms with Crippen LogP contribution in [-0.2, 0) is 22.6 Å². The van der Waals surface area contributed by atoms with E-state index in [4.69, 9.17) is 0 Å². The molecule has 1 aliphatic carbocycles. The van der Waals surface area contributed by atoms with Gasteiger partial charge in [-0.15, -0.1) is 11.3 Å². The van der Waals surface area contributed by atoms with Gasteiger partial charge in [-0.1, -0.05) is 29.8 Å². The van der Waals surface area contributed by atoms with Gasteiger partial charge in [0.15, 0.2) is 5.13 Å². The molecule has 4 rings (SSSR count). The van der Waals surface area contributed by atoms with Crippen molar-refractivity contribution >= 4 is 34.2 Å². The smallest absolute Gasteiger partial charge is 0.254 e. The van der Waals surface area contributed by atoms with Gasteiger partial charge in [-0.3, -0.25) is 14.4 Å². The first-order valence-corrected chi connectivity index (χ1v) is 11.9. The number of nitrogens with zero attached hydrogens (tertiary/aromatic N) is 2. The van der Waals surface area contributed by atoms with Crippen molar-refractivity contribution in [3.63, 3.8) is 0 Å². The van der Waals surface area contributed by atoms with Gasteiger partial charge in [0.2, 0.25) is 11.8 Å². The lowest BCUT2D eigenvalue weighted by Gasteiger charge is -2.21. The fraction of sp³-hybridized carbons (Fsp3) is 0.280. The summed E-state index contributed by atoms with van der Waals surface area (Å²) in [6.07, 6.45) is 1.84. The van der Waals surface area contributed by atoms with Gasteiger partial charge in [0.25, 0.3) is 5.91 Å². The predicted molar refractivity (Wildman–Crippen MR) is 128 cm³/mol. The first kappa shape index (κ1) is 23.6. The molecule has 0 spiro atoms. The predicted octanol–water partition coefficient (Wildman–Crippen LogP) is 3.69. The van der Waals surface area contributed by atoms with Crippen molar-refractivity contribution in [3.8, 4) is 0 Å². The highest BCUT2D eigenvalue weighted by Gasteiger charge is 2.34. The number of carbonyl (C=O) groups excluding carboxylic acids is 3. The molecule has 1 fully saturated rings. The van der Waals surface area contributed by atoms with Gasteiger partial charge in [0.1, 0.15) is 12.4 Å². The van der Waals surface area contributed by atoms with Crippen LogP contribution in [0, 0.1) is 12.7 Å². The number of benzene rings is 2. The highest BCUT2D eigenvalue weighted by molar-refractivity contribution is 7.13. The van der Waals surface area contributed by atoms with Gasteiger partial charge in [-0.05, 0) is 49.6 Å². The van der Waals surface area contributed by atoms with E-state index in [2.05, 4.69) is 15.6 Å². The Hall–Kier alpha value is -3.59. The Morgan fingerprint density at radius 1 is 1.06 bits per heavy atom. The van der Waals surface area contributed by atoms with Crippen molar-refractivity contribution < 1.29 is 18.8 Å². The molecule has 0 atom stereocenters. The third-order valence-electron chi connectivity index (χ3n) is 5.40. The molecule has 2 aromatic carbocycles. The molecular weight excluding hydrogens is 455 g/mol. The van der Waals surface area contributed by atoms with Crippen molar-refractivity contribution in [2.24, 2.45) is 0 Å². The highest BCUT2D eigenvalue weighted by atomic mass is 32.1. The molecule has 1 heterocycles. The normalized spacial score (nSPS) is 12.8. The standard InChI is InChI=1S/C25H25FN4O3S/c1-16-2-6-18(7-3-16)24(33)30(21-10-11-21)14-23(32)29-25-28-20(15-34-25)12-22(31)27-13-17-4-8-19(26)9-5-17/h2-9,15,21H,10-14H2,1H3,(H,27,31)(H,28,29,32). The van der Waals surface area contributed by atoms with E-state index in [1.807, 2.05) is 19.1 Å². The summed E-state index contributed by atoms with van der Waals surface area (Å²) in [4.78, 5) is 43.6. The summed E-state index contributed by atoms with van der Waals surface area (Å²) in [5, 5.41) is 7.59. The van der Waals surface area contributed by atoms with Crippen LogP contribution < -0.4 is 10.6 Å². The van der Waals surface area contributed by atoms with Gasteiger partial charge in [-0.25, -0.2) is 9.37 Å². The van der Waals surface area contributed by atoms with E-state index in [-0.39, 0.29) is 42.5 Å². The largest absolute Gasteiger partial charge is 0.352 e. The molecule has 2 N–H and O–H groups in total. The Bertz CT molecular complexity index is 1170. The second kappa shape index (κ2) is 10.6. The minimum atomic E-state index is -0.327. The zero-order valence-corrected chi connectivity index (χ0v) is 19.5. The second-order valence-corrected chi connectivity index (χ2v) is 9.16. The zero-order valence-electron chi connectivity index (χ0n) is 18.7. The van der Waals surface area contributed by atoms with Crippen molar-refractivity contribution in [1.29, 1.82) is 0 Å². The number of anilines is 1. The SMILES string of the molecule is Cc1ccc(C(=O)N(CC(=O)Nc2nc(CC(=O)NCc3ccc(F)cc3)cs2)C2CC2)cc1. The molecule has 7 nitrogen and oxygen atoms in total. The van der Waals surface area contributed by atoms with Crippen LogP contribution in [0.1, 0.15) is 40.0 Å². The Balaban J connectivity index is 1.28. The molecule has 3 amide bonds. The van der Waals surface area contributed by atoms with Crippen LogP contribution in [0.3, 0.4) is 0 Å². The number of amides is 3. The van der Waals surface area contributed by atoms with Crippen LogP contribution in [-0.4, -0.2) is 40.2 Å². The summed E-state index contributed by atoms with van der Waals surface area (Å²) < 4.78 is 13.0. The van der Waals surface area contributed by atoms with Crippen molar-refractivity contribution in [2.45, 2.75) is 38.8 Å². The minimum absolute atomic E-state index is 0.0511. The Morgan fingerprint density at radius 2 is 1.76 bits per heavy atom. The van der Waals surface area contributed by atoms with Gasteiger partial charge < -0.3 is 15.5 Å². The maximum atomic E-state index is 13.0. The molecule has 176 valence electrons. The van der Waals surface area contributed by atoms with E-state index in [0.29, 0.717) is 22.9 Å². The molecule has 9 heteroatoms. The molecule has 0 aliphatic heterocycles. The number of aryl methyl sites for hydroxylation is 1. The third-order valence-corrected chi connectivity index (χ3v) is 6.21. The summed E-state index contributed by atoms with van der Waals surface area (Å²) in [7, 11) is 0. The fourth-order valence-corrected chi connectivity index (χ4v) is 4.13. The van der Waals surface area contributed by atoms with Crippen molar-refractivity contribution in [2.75, 3.05) is 11.9 Å². The first-order valence-electron chi connectivity index (χ1n) is 11.0. The Labute approximate surface area is 201 Å². The Morgan fingerprint density at radius 3 is 2.44 bits per heavy atom. The van der Waals surface area contributed by atoms with Gasteiger partial charge >= 0.3 is 0 Å². The van der Waals surface area contributed by atoms with Crippen LogP contribution in [0.2, 0.25) is 0 Å². The van der Waals surface area contributed by atoms with E-state index in [0.717, 1.165) is 24.0 Å². The number of thiazole rings is 1. The highest BCUT2D eigenvalue weighted by Crippen LogP contribution is 2.28. The fourth-order valence-electron chi connectivity index (χ4n) is 3.40. The lowest BCUT2D eigenvalue weighted by atomic mass is 10.1. The van der Waals surface area contributed by atoms with E-state index in [9.17, 15) is 18.8 Å². The molecule has 1 aromatic heterocycles. The van der Waals surface area contributed by atoms with E-state index < -0.39 is 0 Å². The van der Waals surface area contributed by atoms with Crippen molar-refractivity contribution in [3.05, 3.63) is 82.1 Å². The molecule has 3 aromatic rings. The number of rotatable bonds is 9. The van der Waals surface area contributed by atoms with E-state index in [1.165, 1.54) is 23.5 Å². The molecule has 0 saturated heterocycles. The lowest BCUT2D eigenvalue weighted by Crippen LogP contribution is -2.39. The van der Waals surface area contributed by atoms with E-state index in [1.54, 1.807) is 34.5 Å². The quantitative estimate of drug-likeness (QED) is 0.489. The second-order valence-electron chi connectivity index (χ2n) is 8.30. The number of nitrogens with one attached hydrogen (secondary N) is 2. The van der Waals surface area contributed by atoms with Crippen molar-refractivity contribution in [1.82, 2.24) is 15.2 Å². The number of halogens is 1. The zero-order chi connectivity index (χ0) is 24.1. The number of hydrogen-bond donors (Lipinski definition) is 2. The third kappa shape index (κ3) is 6.48. The molecule has 0 unspecified atom stereocenters. The van der Waals surface area contributed by atoms with Crippen LogP contribution >= 0.6 is 11.3 Å². The molecule has 0 bridgehead atoms. The summed E-state index contributed by atoms with van der Waals surface area (Å²) in [6, 6.07) is 13.3. The number of carbonyl (C=O) groups is 3. The molecule has 1 aliphatic rings. The lowest BCUT2D eigenvalue weighted by molar-refractivity contribution is -0.120. The van der Waals surface area contributed by atoms with E-state index >= 15 is 0 Å².